The Morgan fingerprint density at radius 1 is 1.38 bits per heavy atom. The third kappa shape index (κ3) is 2.30. The molecule has 0 saturated carbocycles. The maximum atomic E-state index is 13.7. The molecule has 0 spiro atoms. The third-order valence-corrected chi connectivity index (χ3v) is 3.28. The van der Waals surface area contributed by atoms with Crippen LogP contribution in [0.1, 0.15) is 6.92 Å². The number of benzene rings is 1. The first-order chi connectivity index (χ1) is 7.58. The van der Waals surface area contributed by atoms with E-state index in [4.69, 9.17) is 11.6 Å². The number of hydrogen-bond acceptors (Lipinski definition) is 2. The summed E-state index contributed by atoms with van der Waals surface area (Å²) in [5, 5.41) is 0.586. The van der Waals surface area contributed by atoms with E-state index < -0.39 is 0 Å². The third-order valence-electron chi connectivity index (χ3n) is 3.05. The highest BCUT2D eigenvalue weighted by molar-refractivity contribution is 6.30. The molecule has 0 aliphatic carbocycles. The molecular weight excluding hydrogens is 227 g/mol. The second-order valence-corrected chi connectivity index (χ2v) is 4.84. The summed E-state index contributed by atoms with van der Waals surface area (Å²) in [5.41, 5.74) is 0.619. The quantitative estimate of drug-likeness (QED) is 0.747. The van der Waals surface area contributed by atoms with Gasteiger partial charge in [-0.2, -0.15) is 0 Å². The molecule has 1 heterocycles. The van der Waals surface area contributed by atoms with Crippen LogP contribution in [0.3, 0.4) is 0 Å². The second-order valence-electron chi connectivity index (χ2n) is 4.40. The van der Waals surface area contributed by atoms with Gasteiger partial charge in [0.1, 0.15) is 5.82 Å². The Balaban J connectivity index is 2.26. The van der Waals surface area contributed by atoms with Crippen LogP contribution in [0.5, 0.6) is 0 Å². The number of nitrogens with zero attached hydrogens (tertiary/aromatic N) is 2. The Hall–Kier alpha value is -0.800. The van der Waals surface area contributed by atoms with Gasteiger partial charge in [-0.15, -0.1) is 0 Å². The minimum atomic E-state index is -0.194. The highest BCUT2D eigenvalue weighted by Crippen LogP contribution is 2.26. The standard InChI is InChI=1S/C12H16ClFN2/c1-9-8-15(2)5-6-16(9)12-7-10(13)3-4-11(12)14/h3-4,7,9H,5-6,8H2,1-2H3/t9-/m0/s1. The van der Waals surface area contributed by atoms with Crippen molar-refractivity contribution in [3.63, 3.8) is 0 Å². The number of likely N-dealkylation sites (N-methyl/N-ethyl adjacent to an activating group) is 1. The normalized spacial score (nSPS) is 22.5. The molecule has 1 aromatic rings. The van der Waals surface area contributed by atoms with Crippen molar-refractivity contribution in [1.82, 2.24) is 4.90 Å². The van der Waals surface area contributed by atoms with Crippen molar-refractivity contribution in [2.24, 2.45) is 0 Å². The van der Waals surface area contributed by atoms with Crippen LogP contribution in [0.25, 0.3) is 0 Å². The number of halogens is 2. The summed E-state index contributed by atoms with van der Waals surface area (Å²) in [5.74, 6) is -0.194. The van der Waals surface area contributed by atoms with E-state index in [0.29, 0.717) is 16.8 Å². The van der Waals surface area contributed by atoms with E-state index in [0.717, 1.165) is 19.6 Å². The summed E-state index contributed by atoms with van der Waals surface area (Å²) in [6.07, 6.45) is 0. The number of piperazine rings is 1. The summed E-state index contributed by atoms with van der Waals surface area (Å²) >= 11 is 5.91. The van der Waals surface area contributed by atoms with Gasteiger partial charge in [0.05, 0.1) is 5.69 Å². The minimum absolute atomic E-state index is 0.194. The van der Waals surface area contributed by atoms with E-state index in [2.05, 4.69) is 23.8 Å². The zero-order valence-electron chi connectivity index (χ0n) is 9.58. The number of rotatable bonds is 1. The molecule has 0 unspecified atom stereocenters. The predicted octanol–water partition coefficient (Wildman–Crippen LogP) is 2.62. The number of anilines is 1. The molecule has 1 aliphatic rings. The summed E-state index contributed by atoms with van der Waals surface area (Å²) in [6.45, 7) is 4.85. The van der Waals surface area contributed by atoms with Gasteiger partial charge in [0, 0.05) is 30.7 Å². The Morgan fingerprint density at radius 2 is 2.12 bits per heavy atom. The lowest BCUT2D eigenvalue weighted by atomic mass is 10.1. The molecule has 2 rings (SSSR count). The smallest absolute Gasteiger partial charge is 0.146 e. The van der Waals surface area contributed by atoms with Crippen LogP contribution in [0.15, 0.2) is 18.2 Å². The van der Waals surface area contributed by atoms with Gasteiger partial charge in [0.25, 0.3) is 0 Å². The van der Waals surface area contributed by atoms with E-state index in [1.165, 1.54) is 6.07 Å². The van der Waals surface area contributed by atoms with Crippen molar-refractivity contribution < 1.29 is 4.39 Å². The van der Waals surface area contributed by atoms with E-state index >= 15 is 0 Å². The monoisotopic (exact) mass is 242 g/mol. The molecule has 1 aromatic carbocycles. The van der Waals surface area contributed by atoms with Crippen LogP contribution in [0.4, 0.5) is 10.1 Å². The topological polar surface area (TPSA) is 6.48 Å². The van der Waals surface area contributed by atoms with Crippen molar-refractivity contribution >= 4 is 17.3 Å². The second kappa shape index (κ2) is 4.60. The van der Waals surface area contributed by atoms with Crippen LogP contribution >= 0.6 is 11.6 Å². The predicted molar refractivity (Wildman–Crippen MR) is 65.7 cm³/mol. The first-order valence-corrected chi connectivity index (χ1v) is 5.86. The lowest BCUT2D eigenvalue weighted by Gasteiger charge is -2.39. The van der Waals surface area contributed by atoms with Crippen LogP contribution in [-0.4, -0.2) is 37.6 Å². The first-order valence-electron chi connectivity index (χ1n) is 5.48. The van der Waals surface area contributed by atoms with E-state index in [9.17, 15) is 4.39 Å². The Morgan fingerprint density at radius 3 is 2.81 bits per heavy atom. The zero-order valence-corrected chi connectivity index (χ0v) is 10.3. The van der Waals surface area contributed by atoms with E-state index in [1.54, 1.807) is 12.1 Å². The van der Waals surface area contributed by atoms with Crippen LogP contribution in [0, 0.1) is 5.82 Å². The van der Waals surface area contributed by atoms with Gasteiger partial charge in [-0.25, -0.2) is 4.39 Å². The molecule has 1 fully saturated rings. The average Bonchev–Trinajstić information content (AvgIpc) is 2.22. The zero-order chi connectivity index (χ0) is 11.7. The molecule has 1 saturated heterocycles. The van der Waals surface area contributed by atoms with Crippen molar-refractivity contribution in [3.8, 4) is 0 Å². The van der Waals surface area contributed by atoms with Gasteiger partial charge in [-0.05, 0) is 32.2 Å². The van der Waals surface area contributed by atoms with Crippen LogP contribution < -0.4 is 4.90 Å². The number of hydrogen-bond donors (Lipinski definition) is 0. The van der Waals surface area contributed by atoms with Gasteiger partial charge in [0.2, 0.25) is 0 Å². The minimum Gasteiger partial charge on any atom is -0.364 e. The molecule has 1 atom stereocenters. The fourth-order valence-corrected chi connectivity index (χ4v) is 2.37. The first kappa shape index (κ1) is 11.7. The summed E-state index contributed by atoms with van der Waals surface area (Å²) in [7, 11) is 2.09. The fourth-order valence-electron chi connectivity index (χ4n) is 2.20. The lowest BCUT2D eigenvalue weighted by Crippen LogP contribution is -2.50. The Labute approximate surface area is 101 Å². The SMILES string of the molecule is C[C@H]1CN(C)CCN1c1cc(Cl)ccc1F. The summed E-state index contributed by atoms with van der Waals surface area (Å²) < 4.78 is 13.7. The molecule has 4 heteroatoms. The van der Waals surface area contributed by atoms with Crippen molar-refractivity contribution in [3.05, 3.63) is 29.0 Å². The summed E-state index contributed by atoms with van der Waals surface area (Å²) in [6, 6.07) is 5.04. The molecule has 0 amide bonds. The van der Waals surface area contributed by atoms with E-state index in [1.807, 2.05) is 0 Å². The molecule has 2 nitrogen and oxygen atoms in total. The molecule has 0 N–H and O–H groups in total. The van der Waals surface area contributed by atoms with Gasteiger partial charge in [-0.1, -0.05) is 11.6 Å². The van der Waals surface area contributed by atoms with Gasteiger partial charge < -0.3 is 9.80 Å². The highest BCUT2D eigenvalue weighted by atomic mass is 35.5. The molecule has 1 aliphatic heterocycles. The largest absolute Gasteiger partial charge is 0.364 e. The van der Waals surface area contributed by atoms with Crippen molar-refractivity contribution in [2.45, 2.75) is 13.0 Å². The van der Waals surface area contributed by atoms with Crippen LogP contribution in [-0.2, 0) is 0 Å². The Kier molecular flexibility index (Phi) is 3.36. The maximum Gasteiger partial charge on any atom is 0.146 e. The molecule has 0 bridgehead atoms. The maximum absolute atomic E-state index is 13.7. The lowest BCUT2D eigenvalue weighted by molar-refractivity contribution is 0.274. The summed E-state index contributed by atoms with van der Waals surface area (Å²) in [4.78, 5) is 4.34. The molecule has 0 aromatic heterocycles. The van der Waals surface area contributed by atoms with Gasteiger partial charge in [0.15, 0.2) is 0 Å². The molecule has 16 heavy (non-hydrogen) atoms. The highest BCUT2D eigenvalue weighted by Gasteiger charge is 2.23. The molecule has 0 radical (unpaired) electrons. The van der Waals surface area contributed by atoms with Crippen LogP contribution in [0.2, 0.25) is 5.02 Å². The molecule has 88 valence electrons. The fraction of sp³-hybridized carbons (Fsp3) is 0.500. The van der Waals surface area contributed by atoms with Crippen molar-refractivity contribution in [2.75, 3.05) is 31.6 Å². The Bertz CT molecular complexity index is 383. The average molecular weight is 243 g/mol. The van der Waals surface area contributed by atoms with Crippen molar-refractivity contribution in [1.29, 1.82) is 0 Å². The van der Waals surface area contributed by atoms with E-state index in [-0.39, 0.29) is 5.82 Å². The molecular formula is C12H16ClFN2. The van der Waals surface area contributed by atoms with Gasteiger partial charge >= 0.3 is 0 Å². The van der Waals surface area contributed by atoms with Gasteiger partial charge in [-0.3, -0.25) is 0 Å².